The lowest BCUT2D eigenvalue weighted by Crippen LogP contribution is -2.03. The van der Waals surface area contributed by atoms with E-state index >= 15 is 0 Å². The van der Waals surface area contributed by atoms with Crippen molar-refractivity contribution < 1.29 is 19.1 Å². The number of anilines is 2. The molecule has 0 aliphatic carbocycles. The van der Waals surface area contributed by atoms with Gasteiger partial charge in [-0.3, -0.25) is 14.9 Å². The zero-order valence-corrected chi connectivity index (χ0v) is 13.3. The second-order valence-electron chi connectivity index (χ2n) is 5.26. The number of non-ortho nitro benzene ring substituents is 1. The van der Waals surface area contributed by atoms with Crippen LogP contribution in [0, 0.1) is 10.1 Å². The summed E-state index contributed by atoms with van der Waals surface area (Å²) < 4.78 is 9.54. The Kier molecular flexibility index (Phi) is 4.55. The largest absolute Gasteiger partial charge is 0.466 e. The number of rotatable bonds is 6. The fourth-order valence-corrected chi connectivity index (χ4v) is 2.32. The SMILES string of the molecule is CC(=O)OCCc1ccc(Nc2ccc([N+](=O)[O-])c3nonc23)cc1. The first-order valence-electron chi connectivity index (χ1n) is 7.43. The molecule has 0 unspecified atom stereocenters. The second-order valence-corrected chi connectivity index (χ2v) is 5.26. The molecule has 9 nitrogen and oxygen atoms in total. The molecule has 0 aliphatic heterocycles. The monoisotopic (exact) mass is 342 g/mol. The van der Waals surface area contributed by atoms with Gasteiger partial charge in [-0.2, -0.15) is 0 Å². The third kappa shape index (κ3) is 3.71. The molecule has 1 heterocycles. The van der Waals surface area contributed by atoms with Crippen molar-refractivity contribution in [3.8, 4) is 0 Å². The van der Waals surface area contributed by atoms with Crippen LogP contribution in [0.2, 0.25) is 0 Å². The highest BCUT2D eigenvalue weighted by Gasteiger charge is 2.19. The molecule has 3 rings (SSSR count). The fourth-order valence-electron chi connectivity index (χ4n) is 2.32. The van der Waals surface area contributed by atoms with Gasteiger partial charge >= 0.3 is 11.7 Å². The maximum atomic E-state index is 11.0. The Morgan fingerprint density at radius 3 is 2.60 bits per heavy atom. The highest BCUT2D eigenvalue weighted by atomic mass is 16.6. The minimum absolute atomic E-state index is 0.0907. The van der Waals surface area contributed by atoms with Gasteiger partial charge < -0.3 is 10.1 Å². The molecular formula is C16H14N4O5. The number of hydrogen-bond acceptors (Lipinski definition) is 8. The summed E-state index contributed by atoms with van der Waals surface area (Å²) in [5.41, 5.74) is 2.55. The van der Waals surface area contributed by atoms with E-state index in [-0.39, 0.29) is 22.7 Å². The Balaban J connectivity index is 1.75. The van der Waals surface area contributed by atoms with Crippen LogP contribution in [0.15, 0.2) is 41.0 Å². The average Bonchev–Trinajstić information content (AvgIpc) is 3.06. The molecule has 0 atom stereocenters. The summed E-state index contributed by atoms with van der Waals surface area (Å²) >= 11 is 0. The van der Waals surface area contributed by atoms with Gasteiger partial charge in [-0.15, -0.1) is 0 Å². The van der Waals surface area contributed by atoms with E-state index < -0.39 is 4.92 Å². The van der Waals surface area contributed by atoms with Gasteiger partial charge in [0, 0.05) is 25.1 Å². The van der Waals surface area contributed by atoms with Crippen LogP contribution >= 0.6 is 0 Å². The van der Waals surface area contributed by atoms with Crippen molar-refractivity contribution in [3.63, 3.8) is 0 Å². The molecule has 25 heavy (non-hydrogen) atoms. The molecule has 0 aliphatic rings. The highest BCUT2D eigenvalue weighted by molar-refractivity contribution is 5.94. The van der Waals surface area contributed by atoms with E-state index in [2.05, 4.69) is 20.3 Å². The minimum Gasteiger partial charge on any atom is -0.466 e. The van der Waals surface area contributed by atoms with Crippen molar-refractivity contribution in [2.45, 2.75) is 13.3 Å². The lowest BCUT2D eigenvalue weighted by Gasteiger charge is -2.08. The third-order valence-electron chi connectivity index (χ3n) is 3.52. The summed E-state index contributed by atoms with van der Waals surface area (Å²) in [7, 11) is 0. The second kappa shape index (κ2) is 6.95. The molecular weight excluding hydrogens is 328 g/mol. The van der Waals surface area contributed by atoms with E-state index in [1.807, 2.05) is 24.3 Å². The molecule has 0 fully saturated rings. The molecule has 0 spiro atoms. The molecule has 3 aromatic rings. The van der Waals surface area contributed by atoms with E-state index in [1.165, 1.54) is 13.0 Å². The van der Waals surface area contributed by atoms with Crippen LogP contribution in [0.1, 0.15) is 12.5 Å². The molecule has 0 radical (unpaired) electrons. The van der Waals surface area contributed by atoms with Crippen LogP contribution in [0.3, 0.4) is 0 Å². The lowest BCUT2D eigenvalue weighted by molar-refractivity contribution is -0.383. The summed E-state index contributed by atoms with van der Waals surface area (Å²) in [6.07, 6.45) is 0.620. The Morgan fingerprint density at radius 2 is 1.92 bits per heavy atom. The first kappa shape index (κ1) is 16.4. The number of nitrogens with zero attached hydrogens (tertiary/aromatic N) is 3. The molecule has 0 saturated carbocycles. The van der Waals surface area contributed by atoms with Crippen LogP contribution in [0.4, 0.5) is 17.1 Å². The molecule has 128 valence electrons. The van der Waals surface area contributed by atoms with Gasteiger partial charge in [-0.1, -0.05) is 12.1 Å². The average molecular weight is 342 g/mol. The fraction of sp³-hybridized carbons (Fsp3) is 0.188. The molecule has 0 bridgehead atoms. The summed E-state index contributed by atoms with van der Waals surface area (Å²) in [6.45, 7) is 1.70. The normalized spacial score (nSPS) is 10.6. The van der Waals surface area contributed by atoms with E-state index in [4.69, 9.17) is 4.74 Å². The third-order valence-corrected chi connectivity index (χ3v) is 3.52. The van der Waals surface area contributed by atoms with Crippen molar-refractivity contribution in [2.24, 2.45) is 0 Å². The summed E-state index contributed by atoms with van der Waals surface area (Å²) in [6, 6.07) is 10.4. The van der Waals surface area contributed by atoms with Gasteiger partial charge in [0.25, 0.3) is 0 Å². The van der Waals surface area contributed by atoms with Gasteiger partial charge in [0.2, 0.25) is 5.52 Å². The molecule has 1 aromatic heterocycles. The van der Waals surface area contributed by atoms with Crippen LogP contribution in [0.25, 0.3) is 11.0 Å². The smallest absolute Gasteiger partial charge is 0.302 e. The number of ether oxygens (including phenoxy) is 1. The number of carbonyl (C=O) groups is 1. The number of carbonyl (C=O) groups excluding carboxylic acids is 1. The Morgan fingerprint density at radius 1 is 1.20 bits per heavy atom. The lowest BCUT2D eigenvalue weighted by atomic mass is 10.1. The van der Waals surface area contributed by atoms with Crippen LogP contribution in [-0.4, -0.2) is 27.8 Å². The quantitative estimate of drug-likeness (QED) is 0.412. The van der Waals surface area contributed by atoms with E-state index in [0.717, 1.165) is 11.3 Å². The van der Waals surface area contributed by atoms with E-state index in [1.54, 1.807) is 6.07 Å². The first-order chi connectivity index (χ1) is 12.0. The van der Waals surface area contributed by atoms with Gasteiger partial charge in [0.05, 0.1) is 17.2 Å². The molecule has 0 amide bonds. The topological polar surface area (TPSA) is 120 Å². The number of fused-ring (bicyclic) bond motifs is 1. The van der Waals surface area contributed by atoms with Crippen molar-refractivity contribution in [3.05, 3.63) is 52.1 Å². The van der Waals surface area contributed by atoms with Crippen molar-refractivity contribution in [1.29, 1.82) is 0 Å². The zero-order chi connectivity index (χ0) is 17.8. The number of esters is 1. The van der Waals surface area contributed by atoms with Crippen molar-refractivity contribution in [1.82, 2.24) is 10.3 Å². The molecule has 1 N–H and O–H groups in total. The Bertz CT molecular complexity index is 920. The summed E-state index contributed by atoms with van der Waals surface area (Å²) in [4.78, 5) is 21.2. The standard InChI is InChI=1S/C16H14N4O5/c1-10(21)24-9-8-11-2-4-12(5-3-11)17-13-6-7-14(20(22)23)16-15(13)18-25-19-16/h2-7,17H,8-9H2,1H3. The number of nitro groups is 1. The molecule has 2 aromatic carbocycles. The van der Waals surface area contributed by atoms with Crippen molar-refractivity contribution in [2.75, 3.05) is 11.9 Å². The van der Waals surface area contributed by atoms with E-state index in [0.29, 0.717) is 18.7 Å². The number of nitro benzene ring substituents is 1. The summed E-state index contributed by atoms with van der Waals surface area (Å²) in [5, 5.41) is 21.4. The number of nitrogens with one attached hydrogen (secondary N) is 1. The predicted molar refractivity (Wildman–Crippen MR) is 88.5 cm³/mol. The van der Waals surface area contributed by atoms with Crippen LogP contribution in [0.5, 0.6) is 0 Å². The predicted octanol–water partition coefficient (Wildman–Crippen LogP) is 2.98. The maximum absolute atomic E-state index is 11.0. The summed E-state index contributed by atoms with van der Waals surface area (Å²) in [5.74, 6) is -0.304. The highest BCUT2D eigenvalue weighted by Crippen LogP contribution is 2.30. The number of aromatic nitrogens is 2. The van der Waals surface area contributed by atoms with Gasteiger partial charge in [-0.25, -0.2) is 4.63 Å². The van der Waals surface area contributed by atoms with Crippen LogP contribution < -0.4 is 5.32 Å². The van der Waals surface area contributed by atoms with Gasteiger partial charge in [0.1, 0.15) is 0 Å². The van der Waals surface area contributed by atoms with Gasteiger partial charge in [-0.05, 0) is 34.1 Å². The minimum atomic E-state index is -0.534. The van der Waals surface area contributed by atoms with Gasteiger partial charge in [0.15, 0.2) is 5.52 Å². The Labute approximate surface area is 141 Å². The van der Waals surface area contributed by atoms with Crippen LogP contribution in [-0.2, 0) is 16.0 Å². The molecule has 0 saturated heterocycles. The Hall–Kier alpha value is -3.49. The first-order valence-corrected chi connectivity index (χ1v) is 7.43. The zero-order valence-electron chi connectivity index (χ0n) is 13.3. The number of hydrogen-bond donors (Lipinski definition) is 1. The maximum Gasteiger partial charge on any atom is 0.302 e. The number of benzene rings is 2. The van der Waals surface area contributed by atoms with E-state index in [9.17, 15) is 14.9 Å². The molecule has 9 heteroatoms. The van der Waals surface area contributed by atoms with Crippen molar-refractivity contribution >= 4 is 34.1 Å².